The van der Waals surface area contributed by atoms with E-state index in [0.29, 0.717) is 11.8 Å². The lowest BCUT2D eigenvalue weighted by Crippen LogP contribution is -2.18. The fourth-order valence-electron chi connectivity index (χ4n) is 3.52. The second-order valence-corrected chi connectivity index (χ2v) is 7.27. The second kappa shape index (κ2) is 8.35. The molecule has 2 aromatic carbocycles. The molecule has 0 spiro atoms. The highest BCUT2D eigenvalue weighted by Crippen LogP contribution is 2.31. The van der Waals surface area contributed by atoms with Gasteiger partial charge in [0.25, 0.3) is 0 Å². The van der Waals surface area contributed by atoms with Gasteiger partial charge in [0.05, 0.1) is 6.33 Å². The molecule has 1 aromatic heterocycles. The lowest BCUT2D eigenvalue weighted by Gasteiger charge is -2.26. The summed E-state index contributed by atoms with van der Waals surface area (Å²) in [5.74, 6) is 1.04. The van der Waals surface area contributed by atoms with E-state index in [0.717, 1.165) is 24.4 Å². The molecule has 0 amide bonds. The number of aromatic nitrogens is 2. The summed E-state index contributed by atoms with van der Waals surface area (Å²) in [5, 5.41) is 0.798. The zero-order valence-electron chi connectivity index (χ0n) is 14.9. The Labute approximate surface area is 155 Å². The van der Waals surface area contributed by atoms with Crippen molar-refractivity contribution in [3.05, 3.63) is 89.0 Å². The van der Waals surface area contributed by atoms with E-state index in [1.165, 1.54) is 16.7 Å². The molecule has 0 fully saturated rings. The van der Waals surface area contributed by atoms with Crippen LogP contribution in [0.15, 0.2) is 67.3 Å². The third kappa shape index (κ3) is 4.73. The Bertz CT molecular complexity index is 778. The maximum absolute atomic E-state index is 6.01. The molecule has 130 valence electrons. The molecule has 0 bridgehead atoms. The normalized spacial score (nSPS) is 13.6. The number of halogens is 1. The minimum absolute atomic E-state index is 0.496. The fraction of sp³-hybridized carbons (Fsp3) is 0.318. The van der Waals surface area contributed by atoms with Gasteiger partial charge in [-0.05, 0) is 60.4 Å². The van der Waals surface area contributed by atoms with E-state index in [4.69, 9.17) is 11.6 Å². The molecule has 2 nitrogen and oxygen atoms in total. The summed E-state index contributed by atoms with van der Waals surface area (Å²) in [5.41, 5.74) is 4.16. The van der Waals surface area contributed by atoms with Crippen LogP contribution in [0.1, 0.15) is 36.0 Å². The molecule has 25 heavy (non-hydrogen) atoms. The molecule has 0 saturated heterocycles. The molecule has 3 rings (SSSR count). The lowest BCUT2D eigenvalue weighted by molar-refractivity contribution is 0.359. The molecule has 0 saturated carbocycles. The van der Waals surface area contributed by atoms with Gasteiger partial charge in [0.15, 0.2) is 0 Å². The van der Waals surface area contributed by atoms with Gasteiger partial charge in [-0.2, -0.15) is 0 Å². The van der Waals surface area contributed by atoms with Crippen LogP contribution in [-0.2, 0) is 13.0 Å². The molecule has 0 radical (unpaired) electrons. The summed E-state index contributed by atoms with van der Waals surface area (Å²) < 4.78 is 2.20. The first-order valence-corrected chi connectivity index (χ1v) is 9.27. The number of hydrogen-bond acceptors (Lipinski definition) is 1. The second-order valence-electron chi connectivity index (χ2n) is 6.83. The van der Waals surface area contributed by atoms with Crippen molar-refractivity contribution in [2.45, 2.75) is 39.2 Å². The zero-order valence-corrected chi connectivity index (χ0v) is 15.7. The van der Waals surface area contributed by atoms with Gasteiger partial charge in [-0.25, -0.2) is 4.98 Å². The summed E-state index contributed by atoms with van der Waals surface area (Å²) in [6, 6.07) is 17.0. The van der Waals surface area contributed by atoms with Gasteiger partial charge >= 0.3 is 0 Å². The number of aryl methyl sites for hydroxylation is 2. The van der Waals surface area contributed by atoms with Crippen LogP contribution in [-0.4, -0.2) is 9.55 Å². The Kier molecular flexibility index (Phi) is 5.93. The van der Waals surface area contributed by atoms with Crippen molar-refractivity contribution in [3.8, 4) is 0 Å². The van der Waals surface area contributed by atoms with Gasteiger partial charge < -0.3 is 4.57 Å². The predicted octanol–water partition coefficient (Wildman–Crippen LogP) is 5.90. The zero-order chi connectivity index (χ0) is 17.6. The van der Waals surface area contributed by atoms with Gasteiger partial charge in [0.1, 0.15) is 0 Å². The molecular formula is C22H25ClN2. The van der Waals surface area contributed by atoms with Crippen molar-refractivity contribution in [1.82, 2.24) is 9.55 Å². The van der Waals surface area contributed by atoms with Gasteiger partial charge in [0, 0.05) is 24.0 Å². The van der Waals surface area contributed by atoms with Crippen LogP contribution in [0.3, 0.4) is 0 Å². The van der Waals surface area contributed by atoms with E-state index in [9.17, 15) is 0 Å². The van der Waals surface area contributed by atoms with Crippen molar-refractivity contribution in [2.75, 3.05) is 0 Å². The first-order chi connectivity index (χ1) is 12.1. The lowest BCUT2D eigenvalue weighted by atomic mass is 9.82. The third-order valence-electron chi connectivity index (χ3n) is 5.11. The van der Waals surface area contributed by atoms with E-state index in [1.807, 2.05) is 24.7 Å². The molecule has 3 aromatic rings. The van der Waals surface area contributed by atoms with Crippen LogP contribution in [0.2, 0.25) is 5.02 Å². The highest BCUT2D eigenvalue weighted by atomic mass is 35.5. The Hall–Kier alpha value is -2.06. The average molecular weight is 353 g/mol. The molecule has 0 aliphatic carbocycles. The van der Waals surface area contributed by atoms with Crippen molar-refractivity contribution in [2.24, 2.45) is 5.92 Å². The van der Waals surface area contributed by atoms with Crippen LogP contribution in [0.5, 0.6) is 0 Å². The molecule has 0 N–H and O–H groups in total. The average Bonchev–Trinajstić information content (AvgIpc) is 3.13. The molecule has 2 atom stereocenters. The number of nitrogens with zero attached hydrogens (tertiary/aromatic N) is 2. The van der Waals surface area contributed by atoms with Gasteiger partial charge in [0.2, 0.25) is 0 Å². The quantitative estimate of drug-likeness (QED) is 0.517. The van der Waals surface area contributed by atoms with Crippen molar-refractivity contribution in [3.63, 3.8) is 0 Å². The Morgan fingerprint density at radius 3 is 2.52 bits per heavy atom. The molecule has 0 aliphatic rings. The standard InChI is InChI=1S/C22H25ClN2/c1-17-5-3-4-6-22(17)18(2)20(15-25-14-13-24-16-25)10-7-19-8-11-21(23)12-9-19/h3-6,8-9,11-14,16,18,20H,7,10,15H2,1-2H3. The van der Waals surface area contributed by atoms with Crippen LogP contribution >= 0.6 is 11.6 Å². The highest BCUT2D eigenvalue weighted by molar-refractivity contribution is 6.30. The minimum atomic E-state index is 0.496. The number of rotatable bonds is 7. The fourth-order valence-corrected chi connectivity index (χ4v) is 3.65. The molecular weight excluding hydrogens is 328 g/mol. The van der Waals surface area contributed by atoms with Gasteiger partial charge in [-0.1, -0.05) is 54.9 Å². The predicted molar refractivity (Wildman–Crippen MR) is 105 cm³/mol. The van der Waals surface area contributed by atoms with Crippen molar-refractivity contribution in [1.29, 1.82) is 0 Å². The molecule has 3 heteroatoms. The van der Waals surface area contributed by atoms with Crippen LogP contribution < -0.4 is 0 Å². The van der Waals surface area contributed by atoms with Crippen LogP contribution in [0.25, 0.3) is 0 Å². The Morgan fingerprint density at radius 1 is 1.08 bits per heavy atom. The van der Waals surface area contributed by atoms with E-state index in [1.54, 1.807) is 0 Å². The van der Waals surface area contributed by atoms with E-state index < -0.39 is 0 Å². The van der Waals surface area contributed by atoms with Crippen molar-refractivity contribution >= 4 is 11.6 Å². The maximum Gasteiger partial charge on any atom is 0.0946 e. The van der Waals surface area contributed by atoms with Crippen LogP contribution in [0, 0.1) is 12.8 Å². The summed E-state index contributed by atoms with van der Waals surface area (Å²) in [4.78, 5) is 4.20. The summed E-state index contributed by atoms with van der Waals surface area (Å²) >= 11 is 6.01. The van der Waals surface area contributed by atoms with Gasteiger partial charge in [-0.15, -0.1) is 0 Å². The summed E-state index contributed by atoms with van der Waals surface area (Å²) in [6.45, 7) is 5.55. The SMILES string of the molecule is Cc1ccccc1C(C)C(CCc1ccc(Cl)cc1)Cn1ccnc1. The number of imidazole rings is 1. The van der Waals surface area contributed by atoms with Gasteiger partial charge in [-0.3, -0.25) is 0 Å². The smallest absolute Gasteiger partial charge is 0.0946 e. The largest absolute Gasteiger partial charge is 0.337 e. The molecule has 1 heterocycles. The number of hydrogen-bond donors (Lipinski definition) is 0. The Balaban J connectivity index is 1.76. The van der Waals surface area contributed by atoms with Crippen molar-refractivity contribution < 1.29 is 0 Å². The van der Waals surface area contributed by atoms with E-state index >= 15 is 0 Å². The monoisotopic (exact) mass is 352 g/mol. The summed E-state index contributed by atoms with van der Waals surface area (Å²) in [6.07, 6.45) is 8.02. The first-order valence-electron chi connectivity index (χ1n) is 8.89. The third-order valence-corrected chi connectivity index (χ3v) is 5.36. The molecule has 2 unspecified atom stereocenters. The topological polar surface area (TPSA) is 17.8 Å². The molecule has 0 aliphatic heterocycles. The first kappa shape index (κ1) is 17.8. The van der Waals surface area contributed by atoms with Crippen LogP contribution in [0.4, 0.5) is 0 Å². The Morgan fingerprint density at radius 2 is 1.84 bits per heavy atom. The van der Waals surface area contributed by atoms with E-state index in [2.05, 4.69) is 66.0 Å². The summed E-state index contributed by atoms with van der Waals surface area (Å²) in [7, 11) is 0. The number of benzene rings is 2. The minimum Gasteiger partial charge on any atom is -0.337 e. The highest BCUT2D eigenvalue weighted by Gasteiger charge is 2.20. The maximum atomic E-state index is 6.01. The van der Waals surface area contributed by atoms with E-state index in [-0.39, 0.29) is 0 Å².